The van der Waals surface area contributed by atoms with Gasteiger partial charge in [-0.1, -0.05) is 42.5 Å². The van der Waals surface area contributed by atoms with Crippen molar-refractivity contribution in [1.29, 1.82) is 0 Å². The second kappa shape index (κ2) is 6.27. The van der Waals surface area contributed by atoms with Gasteiger partial charge in [0.2, 0.25) is 0 Å². The van der Waals surface area contributed by atoms with Crippen molar-refractivity contribution in [3.8, 4) is 5.75 Å². The standard InChI is InChI=1S/C18H13FN2O2/c19-14-8-5-12(6-9-14)11-20-21-18(23)16-10-7-13-3-1-2-4-15(13)17(16)22/h1-11,22H,(H,21,23)/b20-11-. The molecule has 1 amide bonds. The number of nitrogens with zero attached hydrogens (tertiary/aromatic N) is 1. The van der Waals surface area contributed by atoms with Crippen molar-refractivity contribution < 1.29 is 14.3 Å². The largest absolute Gasteiger partial charge is 0.506 e. The van der Waals surface area contributed by atoms with E-state index < -0.39 is 5.91 Å². The Morgan fingerprint density at radius 1 is 1.04 bits per heavy atom. The first-order chi connectivity index (χ1) is 11.1. The van der Waals surface area contributed by atoms with Gasteiger partial charge in [-0.25, -0.2) is 9.82 Å². The summed E-state index contributed by atoms with van der Waals surface area (Å²) in [6, 6.07) is 16.2. The highest BCUT2D eigenvalue weighted by molar-refractivity contribution is 6.03. The molecule has 0 bridgehead atoms. The SMILES string of the molecule is O=C(N/N=C\c1ccc(F)cc1)c1ccc2ccccc2c1O. The summed E-state index contributed by atoms with van der Waals surface area (Å²) in [7, 11) is 0. The maximum Gasteiger partial charge on any atom is 0.275 e. The van der Waals surface area contributed by atoms with E-state index in [1.807, 2.05) is 12.1 Å². The molecule has 0 aliphatic carbocycles. The Bertz CT molecular complexity index is 889. The highest BCUT2D eigenvalue weighted by Gasteiger charge is 2.12. The second-order valence-electron chi connectivity index (χ2n) is 4.93. The fraction of sp³-hybridized carbons (Fsp3) is 0. The van der Waals surface area contributed by atoms with Crippen LogP contribution in [0.5, 0.6) is 5.75 Å². The highest BCUT2D eigenvalue weighted by Crippen LogP contribution is 2.28. The molecule has 0 atom stereocenters. The number of rotatable bonds is 3. The Balaban J connectivity index is 1.78. The molecule has 0 aliphatic heterocycles. The lowest BCUT2D eigenvalue weighted by Gasteiger charge is -2.06. The molecule has 0 fully saturated rings. The summed E-state index contributed by atoms with van der Waals surface area (Å²) in [5, 5.41) is 15.5. The van der Waals surface area contributed by atoms with E-state index >= 15 is 0 Å². The van der Waals surface area contributed by atoms with Gasteiger partial charge in [0.1, 0.15) is 11.6 Å². The summed E-state index contributed by atoms with van der Waals surface area (Å²) in [6.07, 6.45) is 1.40. The van der Waals surface area contributed by atoms with Crippen molar-refractivity contribution in [2.75, 3.05) is 0 Å². The number of nitrogens with one attached hydrogen (secondary N) is 1. The summed E-state index contributed by atoms with van der Waals surface area (Å²) in [6.45, 7) is 0. The van der Waals surface area contributed by atoms with Gasteiger partial charge in [-0.15, -0.1) is 0 Å². The van der Waals surface area contributed by atoms with Gasteiger partial charge in [0.25, 0.3) is 5.91 Å². The predicted molar refractivity (Wildman–Crippen MR) is 87.1 cm³/mol. The molecule has 0 saturated carbocycles. The molecule has 0 unspecified atom stereocenters. The first-order valence-corrected chi connectivity index (χ1v) is 6.95. The van der Waals surface area contributed by atoms with Crippen LogP contribution in [0.3, 0.4) is 0 Å². The number of hydrazone groups is 1. The Morgan fingerprint density at radius 2 is 1.78 bits per heavy atom. The molecule has 0 saturated heterocycles. The van der Waals surface area contributed by atoms with E-state index in [0.717, 1.165) is 5.39 Å². The molecule has 0 heterocycles. The van der Waals surface area contributed by atoms with Crippen LogP contribution < -0.4 is 5.43 Å². The van der Waals surface area contributed by atoms with Crippen molar-refractivity contribution in [3.05, 3.63) is 77.6 Å². The van der Waals surface area contributed by atoms with Crippen molar-refractivity contribution in [1.82, 2.24) is 5.43 Å². The number of halogens is 1. The number of carbonyl (C=O) groups is 1. The van der Waals surface area contributed by atoms with E-state index in [4.69, 9.17) is 0 Å². The van der Waals surface area contributed by atoms with Crippen molar-refractivity contribution in [2.24, 2.45) is 5.10 Å². The van der Waals surface area contributed by atoms with Gasteiger partial charge in [-0.3, -0.25) is 4.79 Å². The number of fused-ring (bicyclic) bond motifs is 1. The quantitative estimate of drug-likeness (QED) is 0.575. The van der Waals surface area contributed by atoms with Crippen molar-refractivity contribution in [2.45, 2.75) is 0 Å². The van der Waals surface area contributed by atoms with Gasteiger partial charge >= 0.3 is 0 Å². The molecule has 23 heavy (non-hydrogen) atoms. The Hall–Kier alpha value is -3.21. The summed E-state index contributed by atoms with van der Waals surface area (Å²) in [5.41, 5.74) is 3.13. The molecule has 3 aromatic rings. The zero-order chi connectivity index (χ0) is 16.2. The van der Waals surface area contributed by atoms with Crippen LogP contribution in [-0.4, -0.2) is 17.2 Å². The maximum atomic E-state index is 12.8. The fourth-order valence-electron chi connectivity index (χ4n) is 2.21. The van der Waals surface area contributed by atoms with Crippen LogP contribution in [0.25, 0.3) is 10.8 Å². The number of phenols is 1. The van der Waals surface area contributed by atoms with Gasteiger partial charge in [0, 0.05) is 5.39 Å². The number of hydrogen-bond acceptors (Lipinski definition) is 3. The Labute approximate surface area is 131 Å². The highest BCUT2D eigenvalue weighted by atomic mass is 19.1. The van der Waals surface area contributed by atoms with Crippen LogP contribution in [0.1, 0.15) is 15.9 Å². The van der Waals surface area contributed by atoms with E-state index in [2.05, 4.69) is 10.5 Å². The van der Waals surface area contributed by atoms with E-state index in [-0.39, 0.29) is 17.1 Å². The number of benzene rings is 3. The summed E-state index contributed by atoms with van der Waals surface area (Å²) < 4.78 is 12.8. The fourth-order valence-corrected chi connectivity index (χ4v) is 2.21. The molecule has 0 spiro atoms. The van der Waals surface area contributed by atoms with Crippen LogP contribution in [0.2, 0.25) is 0 Å². The molecular formula is C18H13FN2O2. The van der Waals surface area contributed by atoms with Crippen LogP contribution in [0.15, 0.2) is 65.8 Å². The van der Waals surface area contributed by atoms with E-state index in [9.17, 15) is 14.3 Å². The lowest BCUT2D eigenvalue weighted by Crippen LogP contribution is -2.17. The Kier molecular flexibility index (Phi) is 4.01. The van der Waals surface area contributed by atoms with Crippen LogP contribution in [-0.2, 0) is 0 Å². The minimum atomic E-state index is -0.522. The minimum Gasteiger partial charge on any atom is -0.506 e. The van der Waals surface area contributed by atoms with E-state index in [0.29, 0.717) is 10.9 Å². The molecule has 0 aliphatic rings. The van der Waals surface area contributed by atoms with Gasteiger partial charge < -0.3 is 5.11 Å². The third-order valence-corrected chi connectivity index (χ3v) is 3.39. The normalized spacial score (nSPS) is 11.0. The van der Waals surface area contributed by atoms with Gasteiger partial charge in [-0.2, -0.15) is 5.10 Å². The Morgan fingerprint density at radius 3 is 2.57 bits per heavy atom. The molecule has 2 N–H and O–H groups in total. The van der Waals surface area contributed by atoms with Crippen LogP contribution in [0.4, 0.5) is 4.39 Å². The van der Waals surface area contributed by atoms with Crippen molar-refractivity contribution >= 4 is 22.9 Å². The van der Waals surface area contributed by atoms with Crippen LogP contribution in [0, 0.1) is 5.82 Å². The van der Waals surface area contributed by atoms with Gasteiger partial charge in [0.15, 0.2) is 0 Å². The molecule has 0 aromatic heterocycles. The smallest absolute Gasteiger partial charge is 0.275 e. The summed E-state index contributed by atoms with van der Waals surface area (Å²) >= 11 is 0. The zero-order valence-electron chi connectivity index (χ0n) is 12.0. The molecule has 3 aromatic carbocycles. The number of phenolic OH excluding ortho intramolecular Hbond substituents is 1. The minimum absolute atomic E-state index is 0.0856. The van der Waals surface area contributed by atoms with Gasteiger partial charge in [0.05, 0.1) is 11.8 Å². The molecule has 0 radical (unpaired) electrons. The molecule has 5 heteroatoms. The van der Waals surface area contributed by atoms with Gasteiger partial charge in [-0.05, 0) is 29.1 Å². The number of amides is 1. The third kappa shape index (κ3) is 3.18. The molecular weight excluding hydrogens is 295 g/mol. The predicted octanol–water partition coefficient (Wildman–Crippen LogP) is 3.45. The first-order valence-electron chi connectivity index (χ1n) is 6.95. The number of aromatic hydroxyl groups is 1. The lowest BCUT2D eigenvalue weighted by molar-refractivity contribution is 0.0952. The number of carbonyl (C=O) groups excluding carboxylic acids is 1. The average molecular weight is 308 g/mol. The van der Waals surface area contributed by atoms with Crippen molar-refractivity contribution in [3.63, 3.8) is 0 Å². The summed E-state index contributed by atoms with van der Waals surface area (Å²) in [4.78, 5) is 12.1. The van der Waals surface area contributed by atoms with E-state index in [1.54, 1.807) is 36.4 Å². The molecule has 3 rings (SSSR count). The zero-order valence-corrected chi connectivity index (χ0v) is 12.0. The maximum absolute atomic E-state index is 12.8. The molecule has 114 valence electrons. The number of hydrogen-bond donors (Lipinski definition) is 2. The van der Waals surface area contributed by atoms with E-state index in [1.165, 1.54) is 18.3 Å². The average Bonchev–Trinajstić information content (AvgIpc) is 2.57. The second-order valence-corrected chi connectivity index (χ2v) is 4.93. The van der Waals surface area contributed by atoms with Crippen LogP contribution >= 0.6 is 0 Å². The summed E-state index contributed by atoms with van der Waals surface area (Å²) in [5.74, 6) is -0.948. The first kappa shape index (κ1) is 14.7. The monoisotopic (exact) mass is 308 g/mol. The lowest BCUT2D eigenvalue weighted by atomic mass is 10.1. The molecule has 4 nitrogen and oxygen atoms in total. The topological polar surface area (TPSA) is 61.7 Å². The third-order valence-electron chi connectivity index (χ3n) is 3.39.